The summed E-state index contributed by atoms with van der Waals surface area (Å²) in [6.45, 7) is 2.20. The Morgan fingerprint density at radius 3 is 2.63 bits per heavy atom. The number of pyridine rings is 1. The van der Waals surface area contributed by atoms with E-state index in [1.54, 1.807) is 24.3 Å². The largest absolute Gasteiger partial charge is 0.486 e. The lowest BCUT2D eigenvalue weighted by Gasteiger charge is -2.19. The van der Waals surface area contributed by atoms with Crippen LogP contribution in [0.25, 0.3) is 0 Å². The summed E-state index contributed by atoms with van der Waals surface area (Å²) in [5.74, 6) is 0.594. The first-order valence-corrected chi connectivity index (χ1v) is 8.63. The van der Waals surface area contributed by atoms with Crippen molar-refractivity contribution in [2.45, 2.75) is 0 Å². The maximum atomic E-state index is 12.5. The summed E-state index contributed by atoms with van der Waals surface area (Å²) in [4.78, 5) is 30.7. The number of carbonyl (C=O) groups excluding carboxylic acids is 2. The molecular weight excluding hydrogens is 348 g/mol. The van der Waals surface area contributed by atoms with Gasteiger partial charge in [0.1, 0.15) is 18.9 Å². The Morgan fingerprint density at radius 1 is 1.07 bits per heavy atom. The number of amides is 2. The molecule has 0 atom stereocenters. The lowest BCUT2D eigenvalue weighted by molar-refractivity contribution is 0.0946. The molecule has 0 saturated heterocycles. The smallest absolute Gasteiger partial charge is 0.269 e. The van der Waals surface area contributed by atoms with Crippen LogP contribution >= 0.6 is 0 Å². The van der Waals surface area contributed by atoms with Crippen LogP contribution in [0.15, 0.2) is 36.5 Å². The van der Waals surface area contributed by atoms with Crippen molar-refractivity contribution in [3.8, 4) is 11.5 Å². The average molecular weight is 370 g/mol. The van der Waals surface area contributed by atoms with Crippen molar-refractivity contribution in [2.24, 2.45) is 0 Å². The van der Waals surface area contributed by atoms with E-state index in [-0.39, 0.29) is 17.5 Å². The van der Waals surface area contributed by atoms with E-state index in [0.29, 0.717) is 42.5 Å². The second kappa shape index (κ2) is 8.50. The second-order valence-corrected chi connectivity index (χ2v) is 6.30. The van der Waals surface area contributed by atoms with E-state index in [9.17, 15) is 9.59 Å². The molecule has 142 valence electrons. The third-order valence-electron chi connectivity index (χ3n) is 3.90. The number of hydrogen-bond donors (Lipinski definition) is 2. The van der Waals surface area contributed by atoms with Crippen LogP contribution in [0, 0.1) is 0 Å². The fourth-order valence-corrected chi connectivity index (χ4v) is 2.50. The van der Waals surface area contributed by atoms with Gasteiger partial charge in [-0.15, -0.1) is 0 Å². The standard InChI is InChI=1S/C19H22N4O4/c1-23(2)8-7-21-19(25)15-11-13(5-6-20-15)18(24)22-14-3-4-16-17(12-14)27-10-9-26-16/h3-6,11-12H,7-10H2,1-2H3,(H,21,25)(H,22,24). The van der Waals surface area contributed by atoms with Crippen LogP contribution in [0.3, 0.4) is 0 Å². The molecule has 1 aliphatic rings. The summed E-state index contributed by atoms with van der Waals surface area (Å²) in [7, 11) is 3.85. The highest BCUT2D eigenvalue weighted by molar-refractivity contribution is 6.05. The number of benzene rings is 1. The van der Waals surface area contributed by atoms with Gasteiger partial charge in [0.15, 0.2) is 11.5 Å². The Bertz CT molecular complexity index is 838. The van der Waals surface area contributed by atoms with Gasteiger partial charge in [0, 0.05) is 36.6 Å². The molecule has 3 rings (SSSR count). The van der Waals surface area contributed by atoms with Crippen LogP contribution in [-0.4, -0.2) is 62.1 Å². The predicted octanol–water partition coefficient (Wildman–Crippen LogP) is 1.40. The molecule has 2 amide bonds. The highest BCUT2D eigenvalue weighted by Crippen LogP contribution is 2.32. The number of anilines is 1. The molecular formula is C19H22N4O4. The van der Waals surface area contributed by atoms with E-state index in [4.69, 9.17) is 9.47 Å². The highest BCUT2D eigenvalue weighted by atomic mass is 16.6. The first-order chi connectivity index (χ1) is 13.0. The van der Waals surface area contributed by atoms with Crippen molar-refractivity contribution in [3.63, 3.8) is 0 Å². The van der Waals surface area contributed by atoms with Gasteiger partial charge in [-0.05, 0) is 38.4 Å². The summed E-state index contributed by atoms with van der Waals surface area (Å²) in [5.41, 5.74) is 1.12. The third kappa shape index (κ3) is 4.95. The zero-order chi connectivity index (χ0) is 19.2. The monoisotopic (exact) mass is 370 g/mol. The minimum atomic E-state index is -0.337. The molecule has 1 aliphatic heterocycles. The van der Waals surface area contributed by atoms with E-state index in [2.05, 4.69) is 15.6 Å². The molecule has 0 radical (unpaired) electrons. The lowest BCUT2D eigenvalue weighted by atomic mass is 10.2. The maximum Gasteiger partial charge on any atom is 0.269 e. The van der Waals surface area contributed by atoms with E-state index < -0.39 is 0 Å². The normalized spacial score (nSPS) is 12.6. The zero-order valence-corrected chi connectivity index (χ0v) is 15.3. The molecule has 0 unspecified atom stereocenters. The first-order valence-electron chi connectivity index (χ1n) is 8.63. The van der Waals surface area contributed by atoms with Gasteiger partial charge >= 0.3 is 0 Å². The van der Waals surface area contributed by atoms with E-state index in [1.165, 1.54) is 12.3 Å². The first kappa shape index (κ1) is 18.7. The topological polar surface area (TPSA) is 92.8 Å². The van der Waals surface area contributed by atoms with Gasteiger partial charge in [-0.3, -0.25) is 14.6 Å². The summed E-state index contributed by atoms with van der Waals surface area (Å²) < 4.78 is 11.0. The SMILES string of the molecule is CN(C)CCNC(=O)c1cc(C(=O)Nc2ccc3c(c2)OCCO3)ccn1. The van der Waals surface area contributed by atoms with Gasteiger partial charge in [-0.1, -0.05) is 0 Å². The molecule has 2 heterocycles. The Kier molecular flexibility index (Phi) is 5.87. The Hall–Kier alpha value is -3.13. The number of nitrogens with zero attached hydrogens (tertiary/aromatic N) is 2. The zero-order valence-electron chi connectivity index (χ0n) is 15.3. The number of aromatic nitrogens is 1. The van der Waals surface area contributed by atoms with Gasteiger partial charge < -0.3 is 25.0 Å². The minimum absolute atomic E-state index is 0.198. The summed E-state index contributed by atoms with van der Waals surface area (Å²) >= 11 is 0. The van der Waals surface area contributed by atoms with Crippen LogP contribution in [0.5, 0.6) is 11.5 Å². The van der Waals surface area contributed by atoms with E-state index in [1.807, 2.05) is 19.0 Å². The molecule has 1 aromatic carbocycles. The molecule has 2 N–H and O–H groups in total. The van der Waals surface area contributed by atoms with Gasteiger partial charge in [0.25, 0.3) is 11.8 Å². The number of carbonyl (C=O) groups is 2. The molecule has 0 fully saturated rings. The predicted molar refractivity (Wildman–Crippen MR) is 101 cm³/mol. The molecule has 0 spiro atoms. The quantitative estimate of drug-likeness (QED) is 0.798. The Labute approximate surface area is 157 Å². The van der Waals surface area contributed by atoms with Crippen molar-refractivity contribution in [1.82, 2.24) is 15.2 Å². The molecule has 8 nitrogen and oxygen atoms in total. The molecule has 0 saturated carbocycles. The lowest BCUT2D eigenvalue weighted by Crippen LogP contribution is -2.32. The number of fused-ring (bicyclic) bond motifs is 1. The molecule has 8 heteroatoms. The fraction of sp³-hybridized carbons (Fsp3) is 0.316. The molecule has 27 heavy (non-hydrogen) atoms. The number of likely N-dealkylation sites (N-methyl/N-ethyl adjacent to an activating group) is 1. The molecule has 0 bridgehead atoms. The van der Waals surface area contributed by atoms with Crippen LogP contribution in [-0.2, 0) is 0 Å². The summed E-state index contributed by atoms with van der Waals surface area (Å²) in [6, 6.07) is 8.23. The van der Waals surface area contributed by atoms with Crippen molar-refractivity contribution in [2.75, 3.05) is 45.7 Å². The van der Waals surface area contributed by atoms with E-state index >= 15 is 0 Å². The third-order valence-corrected chi connectivity index (χ3v) is 3.90. The van der Waals surface area contributed by atoms with E-state index in [0.717, 1.165) is 6.54 Å². The average Bonchev–Trinajstić information content (AvgIpc) is 2.67. The van der Waals surface area contributed by atoms with Crippen molar-refractivity contribution < 1.29 is 19.1 Å². The number of ether oxygens (including phenoxy) is 2. The summed E-state index contributed by atoms with van der Waals surface area (Å²) in [6.07, 6.45) is 1.44. The Morgan fingerprint density at radius 2 is 1.85 bits per heavy atom. The van der Waals surface area contributed by atoms with Crippen LogP contribution in [0.1, 0.15) is 20.8 Å². The molecule has 2 aromatic rings. The van der Waals surface area contributed by atoms with Gasteiger partial charge in [-0.25, -0.2) is 0 Å². The Balaban J connectivity index is 1.65. The van der Waals surface area contributed by atoms with Crippen molar-refractivity contribution >= 4 is 17.5 Å². The summed E-state index contributed by atoms with van der Waals surface area (Å²) in [5, 5.41) is 5.57. The number of hydrogen-bond acceptors (Lipinski definition) is 6. The van der Waals surface area contributed by atoms with Crippen LogP contribution < -0.4 is 20.1 Å². The fourth-order valence-electron chi connectivity index (χ4n) is 2.50. The van der Waals surface area contributed by atoms with Gasteiger partial charge in [0.2, 0.25) is 0 Å². The molecule has 0 aliphatic carbocycles. The number of rotatable bonds is 6. The second-order valence-electron chi connectivity index (χ2n) is 6.30. The van der Waals surface area contributed by atoms with Crippen LogP contribution in [0.4, 0.5) is 5.69 Å². The van der Waals surface area contributed by atoms with Crippen molar-refractivity contribution in [1.29, 1.82) is 0 Å². The van der Waals surface area contributed by atoms with Crippen LogP contribution in [0.2, 0.25) is 0 Å². The number of nitrogens with one attached hydrogen (secondary N) is 2. The maximum absolute atomic E-state index is 12.5. The highest BCUT2D eigenvalue weighted by Gasteiger charge is 2.15. The van der Waals surface area contributed by atoms with Gasteiger partial charge in [0.05, 0.1) is 0 Å². The van der Waals surface area contributed by atoms with Gasteiger partial charge in [-0.2, -0.15) is 0 Å². The van der Waals surface area contributed by atoms with Crippen molar-refractivity contribution in [3.05, 3.63) is 47.8 Å². The minimum Gasteiger partial charge on any atom is -0.486 e. The molecule has 1 aromatic heterocycles.